The van der Waals surface area contributed by atoms with E-state index in [0.717, 1.165) is 55.1 Å². The van der Waals surface area contributed by atoms with Gasteiger partial charge < -0.3 is 58.6 Å². The Morgan fingerprint density at radius 2 is 1.77 bits per heavy atom. The number of thioether (sulfide) groups is 1. The maximum Gasteiger partial charge on any atom is 0.414 e. The maximum atomic E-state index is 14.0. The molecule has 1 saturated carbocycles. The third-order valence-electron chi connectivity index (χ3n) is 10.9. The van der Waals surface area contributed by atoms with Crippen molar-refractivity contribution in [2.45, 2.75) is 76.5 Å². The Morgan fingerprint density at radius 1 is 1.09 bits per heavy atom. The largest absolute Gasteiger partial charge is 1.00 e. The van der Waals surface area contributed by atoms with E-state index in [-0.39, 0.29) is 58.9 Å². The summed E-state index contributed by atoms with van der Waals surface area (Å²) in [6.45, 7) is 8.21. The highest BCUT2D eigenvalue weighted by molar-refractivity contribution is 8.00. The lowest BCUT2D eigenvalue weighted by atomic mass is 9.70. The van der Waals surface area contributed by atoms with Gasteiger partial charge in [0.05, 0.1) is 32.2 Å². The third-order valence-corrected chi connectivity index (χ3v) is 12.9. The number of nitrogens with one attached hydrogen (secondary N) is 2. The van der Waals surface area contributed by atoms with Crippen molar-refractivity contribution in [2.75, 3.05) is 51.0 Å². The number of quaternary nitrogens is 1. The molecule has 4 amide bonds. The fourth-order valence-electron chi connectivity index (χ4n) is 7.45. The first-order valence-corrected chi connectivity index (χ1v) is 20.5. The molecule has 17 nitrogen and oxygen atoms in total. The Balaban J connectivity index is 0.00000549. The highest BCUT2D eigenvalue weighted by atomic mass is 127. The van der Waals surface area contributed by atoms with Gasteiger partial charge in [-0.05, 0) is 57.2 Å². The Morgan fingerprint density at radius 3 is 2.39 bits per heavy atom. The molecule has 0 spiro atoms. The van der Waals surface area contributed by atoms with Gasteiger partial charge in [-0.25, -0.2) is 9.59 Å². The molecule has 0 unspecified atom stereocenters. The number of benzene rings is 1. The fraction of sp³-hybridized carbons (Fsp3) is 0.568. The minimum absolute atomic E-state index is 0. The number of esters is 1. The molecule has 2 bridgehead atoms. The lowest BCUT2D eigenvalue weighted by molar-refractivity contribution is -0.940. The Labute approximate surface area is 355 Å². The van der Waals surface area contributed by atoms with Crippen LogP contribution < -0.4 is 45.1 Å². The van der Waals surface area contributed by atoms with Crippen LogP contribution in [-0.4, -0.2) is 117 Å². The number of β-lactam (4-membered cyclic amide) rings is 1. The summed E-state index contributed by atoms with van der Waals surface area (Å²) in [5.41, 5.74) is 6.04. The minimum atomic E-state index is -1.00. The number of nitrogens with two attached hydrogens (primary N) is 1. The van der Waals surface area contributed by atoms with E-state index in [1.807, 2.05) is 0 Å². The Hall–Kier alpha value is -4.02. The number of oxime groups is 1. The molecule has 0 radical (unpaired) electrons. The Kier molecular flexibility index (Phi) is 12.7. The van der Waals surface area contributed by atoms with Crippen LogP contribution in [0.2, 0.25) is 0 Å². The highest BCUT2D eigenvalue weighted by Crippen LogP contribution is 2.46. The number of ether oxygens (including phenoxy) is 3. The zero-order chi connectivity index (χ0) is 39.8. The summed E-state index contributed by atoms with van der Waals surface area (Å²) in [5, 5.41) is 8.84. The molecule has 6 aliphatic rings. The number of amides is 4. The number of primary amides is 1. The fourth-order valence-corrected chi connectivity index (χ4v) is 9.35. The number of carbonyl (C=O) groups excluding carboxylic acids is 5. The first-order chi connectivity index (χ1) is 26.7. The predicted molar refractivity (Wildman–Crippen MR) is 205 cm³/mol. The van der Waals surface area contributed by atoms with Crippen LogP contribution in [0.15, 0.2) is 40.7 Å². The third kappa shape index (κ3) is 9.49. The second-order valence-corrected chi connectivity index (χ2v) is 17.9. The second-order valence-electron chi connectivity index (χ2n) is 16.0. The molecular weight excluding hydrogens is 891 g/mol. The summed E-state index contributed by atoms with van der Waals surface area (Å²) in [7, 11) is 1.57. The van der Waals surface area contributed by atoms with Gasteiger partial charge in [0.1, 0.15) is 48.2 Å². The number of hydrogen-bond acceptors (Lipinski definition) is 14. The molecule has 20 heteroatoms. The van der Waals surface area contributed by atoms with Gasteiger partial charge in [-0.15, -0.1) is 11.8 Å². The van der Waals surface area contributed by atoms with E-state index < -0.39 is 46.3 Å². The molecule has 308 valence electrons. The van der Waals surface area contributed by atoms with Gasteiger partial charge >= 0.3 is 12.1 Å². The van der Waals surface area contributed by atoms with Gasteiger partial charge in [0.2, 0.25) is 22.6 Å². The number of nitrogens with zero attached hydrogens (tertiary/aromatic N) is 5. The number of piperidine rings is 3. The number of rotatable bonds is 14. The van der Waals surface area contributed by atoms with Gasteiger partial charge in [0.25, 0.3) is 11.8 Å². The zero-order valence-electron chi connectivity index (χ0n) is 32.2. The van der Waals surface area contributed by atoms with Crippen LogP contribution in [0.4, 0.5) is 9.93 Å². The molecule has 6 heterocycles. The lowest BCUT2D eigenvalue weighted by Crippen LogP contribution is -3.00. The van der Waals surface area contributed by atoms with Crippen LogP contribution in [0, 0.1) is 11.3 Å². The Bertz CT molecular complexity index is 1940. The first kappa shape index (κ1) is 42.6. The van der Waals surface area contributed by atoms with E-state index in [1.165, 1.54) is 16.7 Å². The minimum Gasteiger partial charge on any atom is -1.00 e. The first-order valence-electron chi connectivity index (χ1n) is 18.6. The maximum absolute atomic E-state index is 14.0. The van der Waals surface area contributed by atoms with Crippen LogP contribution in [-0.2, 0) is 40.1 Å². The van der Waals surface area contributed by atoms with Gasteiger partial charge in [-0.1, -0.05) is 17.3 Å². The van der Waals surface area contributed by atoms with Crippen molar-refractivity contribution in [2.24, 2.45) is 22.2 Å². The molecule has 5 fully saturated rings. The number of anilines is 1. The van der Waals surface area contributed by atoms with Crippen molar-refractivity contribution in [1.29, 1.82) is 0 Å². The SMILES string of the molecule is COc1ccc(COC(=O)C2=C(C[N+]34CCC(C(N)=O)(CC3)CC4)CS[C@H]3[C@H](NC(=O)/C(=N\OCC4CC4)c4nsc(NC(=O)OC(C)(C)C)n4)C(=O)N23)cc1.[I-]. The summed E-state index contributed by atoms with van der Waals surface area (Å²) >= 11 is 2.28. The van der Waals surface area contributed by atoms with E-state index in [2.05, 4.69) is 25.1 Å². The van der Waals surface area contributed by atoms with Gasteiger partial charge in [-0.3, -0.25) is 24.6 Å². The van der Waals surface area contributed by atoms with Crippen LogP contribution in [0.25, 0.3) is 0 Å². The number of fused-ring (bicyclic) bond motifs is 4. The molecule has 1 aromatic heterocycles. The molecule has 4 saturated heterocycles. The van der Waals surface area contributed by atoms with Crippen molar-refractivity contribution in [3.63, 3.8) is 0 Å². The molecule has 1 aromatic carbocycles. The monoisotopic (exact) mass is 938 g/mol. The highest BCUT2D eigenvalue weighted by Gasteiger charge is 2.57. The summed E-state index contributed by atoms with van der Waals surface area (Å²) in [6.07, 6.45) is 3.30. The van der Waals surface area contributed by atoms with Crippen LogP contribution >= 0.6 is 23.3 Å². The summed E-state index contributed by atoms with van der Waals surface area (Å²) < 4.78 is 21.3. The summed E-state index contributed by atoms with van der Waals surface area (Å²) in [5.74, 6) is -0.789. The van der Waals surface area contributed by atoms with Crippen molar-refractivity contribution >= 4 is 63.9 Å². The quantitative estimate of drug-likeness (QED) is 0.0567. The number of halogens is 1. The van der Waals surface area contributed by atoms with E-state index >= 15 is 0 Å². The van der Waals surface area contributed by atoms with Crippen LogP contribution in [0.5, 0.6) is 5.75 Å². The molecule has 1 aliphatic carbocycles. The van der Waals surface area contributed by atoms with Crippen LogP contribution in [0.1, 0.15) is 64.3 Å². The molecule has 5 aliphatic heterocycles. The summed E-state index contributed by atoms with van der Waals surface area (Å²) in [4.78, 5) is 77.8. The smallest absolute Gasteiger partial charge is 0.414 e. The van der Waals surface area contributed by atoms with E-state index in [9.17, 15) is 24.0 Å². The molecule has 57 heavy (non-hydrogen) atoms. The van der Waals surface area contributed by atoms with E-state index in [0.29, 0.717) is 54.3 Å². The second kappa shape index (κ2) is 17.1. The normalized spacial score (nSPS) is 25.4. The molecule has 2 atom stereocenters. The molecule has 2 aromatic rings. The van der Waals surface area contributed by atoms with Gasteiger partial charge in [-0.2, -0.15) is 9.36 Å². The number of hydrogen-bond donors (Lipinski definition) is 3. The molecule has 4 N–H and O–H groups in total. The zero-order valence-corrected chi connectivity index (χ0v) is 36.0. The number of carbonyl (C=O) groups is 5. The average Bonchev–Trinajstić information content (AvgIpc) is 3.89. The summed E-state index contributed by atoms with van der Waals surface area (Å²) in [6, 6.07) is 6.14. The average molecular weight is 939 g/mol. The van der Waals surface area contributed by atoms with Crippen molar-refractivity contribution in [3.05, 3.63) is 46.9 Å². The van der Waals surface area contributed by atoms with E-state index in [1.54, 1.807) is 52.1 Å². The lowest BCUT2D eigenvalue weighted by Gasteiger charge is -2.55. The molecular formula is C37H47IN8O9S2. The number of methoxy groups -OCH3 is 1. The van der Waals surface area contributed by atoms with Crippen LogP contribution in [0.3, 0.4) is 0 Å². The van der Waals surface area contributed by atoms with Gasteiger partial charge in [0, 0.05) is 42.1 Å². The standard InChI is InChI=1S/C37H46N8O9S2.HI/c1-36(2,3)54-35(50)41-34-40-28(43-56-34)25(42-53-19-22-5-6-22)29(46)39-26-30(47)44-27(32(48)52-18-21-7-9-24(51-4)10-8-21)23(20-55-31(26)44)17-45-14-11-37(12-15-45,13-16-45)33(38)49;/h7-10,22,26,31H,5-6,11-20H2,1-4H3,(H3-,38,39,40,41,43,46,49,50);1H/b42-25-;/t26-,31+,37?,45?;/m1./s1. The van der Waals surface area contributed by atoms with Gasteiger partial charge in [0.15, 0.2) is 0 Å². The van der Waals surface area contributed by atoms with Crippen molar-refractivity contribution in [1.82, 2.24) is 19.6 Å². The van der Waals surface area contributed by atoms with Crippen molar-refractivity contribution in [3.8, 4) is 5.75 Å². The topological polar surface area (TPSA) is 214 Å². The van der Waals surface area contributed by atoms with Crippen molar-refractivity contribution < 1.29 is 71.5 Å². The molecule has 8 rings (SSSR count). The number of aromatic nitrogens is 2. The van der Waals surface area contributed by atoms with E-state index in [4.69, 9.17) is 24.8 Å². The predicted octanol–water partition coefficient (Wildman–Crippen LogP) is -0.0882.